The highest BCUT2D eigenvalue weighted by Crippen LogP contribution is 2.29. The lowest BCUT2D eigenvalue weighted by Crippen LogP contribution is -2.16. The van der Waals surface area contributed by atoms with Crippen molar-refractivity contribution < 1.29 is 0 Å². The Hall–Kier alpha value is -1.62. The fourth-order valence-corrected chi connectivity index (χ4v) is 1.00. The van der Waals surface area contributed by atoms with Crippen LogP contribution < -0.4 is 0 Å². The summed E-state index contributed by atoms with van der Waals surface area (Å²) in [5.74, 6) is 0. The minimum absolute atomic E-state index is 0.0507. The third kappa shape index (κ3) is 2.92. The van der Waals surface area contributed by atoms with Crippen molar-refractivity contribution in [3.63, 3.8) is 0 Å². The SMILES string of the molecule is [C-]#[N+]c1ccccc1N=C(C)C(C)(C)C. The number of rotatable bonds is 1. The summed E-state index contributed by atoms with van der Waals surface area (Å²) in [7, 11) is 0. The molecule has 1 aromatic rings. The van der Waals surface area contributed by atoms with Crippen LogP contribution in [0.2, 0.25) is 0 Å². The Kier molecular flexibility index (Phi) is 3.26. The molecular weight excluding hydrogens is 184 g/mol. The van der Waals surface area contributed by atoms with Gasteiger partial charge in [-0.15, -0.1) is 0 Å². The first-order valence-corrected chi connectivity index (χ1v) is 4.97. The lowest BCUT2D eigenvalue weighted by atomic mass is 9.91. The van der Waals surface area contributed by atoms with Crippen LogP contribution in [0.3, 0.4) is 0 Å². The van der Waals surface area contributed by atoms with Gasteiger partial charge in [0.1, 0.15) is 0 Å². The molecule has 2 nitrogen and oxygen atoms in total. The minimum atomic E-state index is 0.0507. The van der Waals surface area contributed by atoms with E-state index >= 15 is 0 Å². The van der Waals surface area contributed by atoms with E-state index in [1.165, 1.54) is 0 Å². The van der Waals surface area contributed by atoms with Gasteiger partial charge in [0.25, 0.3) is 0 Å². The molecule has 1 rings (SSSR count). The van der Waals surface area contributed by atoms with Crippen LogP contribution in [0.5, 0.6) is 0 Å². The van der Waals surface area contributed by atoms with Crippen molar-refractivity contribution in [1.82, 2.24) is 0 Å². The van der Waals surface area contributed by atoms with Crippen LogP contribution in [0.25, 0.3) is 4.85 Å². The quantitative estimate of drug-likeness (QED) is 0.473. The maximum atomic E-state index is 7.04. The highest BCUT2D eigenvalue weighted by molar-refractivity contribution is 5.90. The van der Waals surface area contributed by atoms with E-state index in [1.54, 1.807) is 6.07 Å². The van der Waals surface area contributed by atoms with Crippen molar-refractivity contribution in [1.29, 1.82) is 0 Å². The van der Waals surface area contributed by atoms with Gasteiger partial charge in [0, 0.05) is 5.71 Å². The molecule has 0 aliphatic rings. The van der Waals surface area contributed by atoms with E-state index in [1.807, 2.05) is 25.1 Å². The van der Waals surface area contributed by atoms with Crippen LogP contribution in [0, 0.1) is 12.0 Å². The summed E-state index contributed by atoms with van der Waals surface area (Å²) < 4.78 is 0. The number of para-hydroxylation sites is 2. The Bertz CT molecular complexity index is 417. The topological polar surface area (TPSA) is 16.7 Å². The molecule has 1 aromatic carbocycles. The number of nitrogens with zero attached hydrogens (tertiary/aromatic N) is 2. The average molecular weight is 200 g/mol. The number of benzene rings is 1. The maximum absolute atomic E-state index is 7.04. The highest BCUT2D eigenvalue weighted by atomic mass is 14.8. The molecule has 0 radical (unpaired) electrons. The van der Waals surface area contributed by atoms with Crippen molar-refractivity contribution in [2.24, 2.45) is 10.4 Å². The minimum Gasteiger partial charge on any atom is -0.269 e. The predicted octanol–water partition coefficient (Wildman–Crippen LogP) is 4.38. The van der Waals surface area contributed by atoms with Crippen LogP contribution in [0.15, 0.2) is 29.3 Å². The molecule has 0 amide bonds. The molecular formula is C13H16N2. The zero-order valence-electron chi connectivity index (χ0n) is 9.70. The van der Waals surface area contributed by atoms with E-state index in [0.717, 1.165) is 11.4 Å². The molecule has 0 aliphatic heterocycles. The van der Waals surface area contributed by atoms with Gasteiger partial charge in [-0.05, 0) is 18.4 Å². The van der Waals surface area contributed by atoms with Gasteiger partial charge in [-0.1, -0.05) is 39.0 Å². The molecule has 0 unspecified atom stereocenters. The van der Waals surface area contributed by atoms with Crippen molar-refractivity contribution in [3.8, 4) is 0 Å². The molecule has 0 aliphatic carbocycles. The molecule has 2 heteroatoms. The summed E-state index contributed by atoms with van der Waals surface area (Å²) in [6.45, 7) is 15.4. The van der Waals surface area contributed by atoms with Gasteiger partial charge in [-0.2, -0.15) is 0 Å². The Morgan fingerprint density at radius 2 is 1.87 bits per heavy atom. The molecule has 0 aromatic heterocycles. The summed E-state index contributed by atoms with van der Waals surface area (Å²) in [6, 6.07) is 7.44. The van der Waals surface area contributed by atoms with Crippen molar-refractivity contribution in [3.05, 3.63) is 35.7 Å². The van der Waals surface area contributed by atoms with Gasteiger partial charge in [-0.25, -0.2) is 4.85 Å². The standard InChI is InChI=1S/C13H16N2/c1-10(13(2,3)4)15-12-9-7-6-8-11(12)14-5/h6-9H,1-4H3. The van der Waals surface area contributed by atoms with E-state index in [2.05, 4.69) is 30.6 Å². The van der Waals surface area contributed by atoms with Crippen molar-refractivity contribution in [2.45, 2.75) is 27.7 Å². The van der Waals surface area contributed by atoms with Crippen LogP contribution in [0.1, 0.15) is 27.7 Å². The van der Waals surface area contributed by atoms with Crippen LogP contribution >= 0.6 is 0 Å². The van der Waals surface area contributed by atoms with Gasteiger partial charge in [0.05, 0.1) is 12.3 Å². The molecule has 0 atom stereocenters. The Balaban J connectivity index is 3.15. The summed E-state index contributed by atoms with van der Waals surface area (Å²) in [6.07, 6.45) is 0. The lowest BCUT2D eigenvalue weighted by Gasteiger charge is -2.18. The fraction of sp³-hybridized carbons (Fsp3) is 0.385. The number of hydrogen-bond acceptors (Lipinski definition) is 1. The summed E-state index contributed by atoms with van der Waals surface area (Å²) in [4.78, 5) is 7.95. The molecule has 78 valence electrons. The second-order valence-electron chi connectivity index (χ2n) is 4.55. The molecule has 0 fully saturated rings. The van der Waals surface area contributed by atoms with Crippen LogP contribution in [-0.4, -0.2) is 5.71 Å². The van der Waals surface area contributed by atoms with E-state index in [4.69, 9.17) is 6.57 Å². The number of aliphatic imine (C=N–C) groups is 1. The predicted molar refractivity (Wildman–Crippen MR) is 64.9 cm³/mol. The molecule has 0 spiro atoms. The third-order valence-electron chi connectivity index (χ3n) is 2.38. The van der Waals surface area contributed by atoms with E-state index in [-0.39, 0.29) is 5.41 Å². The molecule has 15 heavy (non-hydrogen) atoms. The highest BCUT2D eigenvalue weighted by Gasteiger charge is 2.14. The van der Waals surface area contributed by atoms with Gasteiger partial charge in [-0.3, -0.25) is 4.99 Å². The van der Waals surface area contributed by atoms with Gasteiger partial charge in [0.2, 0.25) is 5.69 Å². The largest absolute Gasteiger partial charge is 0.269 e. The van der Waals surface area contributed by atoms with Crippen LogP contribution in [0.4, 0.5) is 11.4 Å². The lowest BCUT2D eigenvalue weighted by molar-refractivity contribution is 0.588. The average Bonchev–Trinajstić information content (AvgIpc) is 2.17. The summed E-state index contributed by atoms with van der Waals surface area (Å²) in [5.41, 5.74) is 2.47. The molecule has 0 bridgehead atoms. The first-order valence-electron chi connectivity index (χ1n) is 4.97. The second-order valence-corrected chi connectivity index (χ2v) is 4.55. The zero-order chi connectivity index (χ0) is 11.5. The normalized spacial score (nSPS) is 12.3. The Morgan fingerprint density at radius 1 is 1.27 bits per heavy atom. The van der Waals surface area contributed by atoms with E-state index < -0.39 is 0 Å². The third-order valence-corrected chi connectivity index (χ3v) is 2.38. The van der Waals surface area contributed by atoms with Crippen molar-refractivity contribution >= 4 is 17.1 Å². The monoisotopic (exact) mass is 200 g/mol. The molecule has 0 heterocycles. The molecule has 0 N–H and O–H groups in total. The van der Waals surface area contributed by atoms with E-state index in [0.29, 0.717) is 5.69 Å². The molecule has 0 saturated carbocycles. The summed E-state index contributed by atoms with van der Waals surface area (Å²) >= 11 is 0. The maximum Gasteiger partial charge on any atom is 0.212 e. The smallest absolute Gasteiger partial charge is 0.212 e. The van der Waals surface area contributed by atoms with E-state index in [9.17, 15) is 0 Å². The summed E-state index contributed by atoms with van der Waals surface area (Å²) in [5, 5.41) is 0. The van der Waals surface area contributed by atoms with Gasteiger partial charge < -0.3 is 0 Å². The van der Waals surface area contributed by atoms with Crippen LogP contribution in [-0.2, 0) is 0 Å². The first kappa shape index (κ1) is 11.5. The zero-order valence-corrected chi connectivity index (χ0v) is 9.70. The van der Waals surface area contributed by atoms with Gasteiger partial charge >= 0.3 is 0 Å². The fourth-order valence-electron chi connectivity index (χ4n) is 1.00. The Morgan fingerprint density at radius 3 is 2.40 bits per heavy atom. The van der Waals surface area contributed by atoms with Crippen molar-refractivity contribution in [2.75, 3.05) is 0 Å². The van der Waals surface area contributed by atoms with Gasteiger partial charge in [0.15, 0.2) is 0 Å². The first-order chi connectivity index (χ1) is 6.95. The number of hydrogen-bond donors (Lipinski definition) is 0. The second kappa shape index (κ2) is 4.27. The Labute approximate surface area is 91.5 Å². The molecule has 0 saturated heterocycles.